The number of imidazole rings is 1. The fourth-order valence-electron chi connectivity index (χ4n) is 6.81. The number of benzene rings is 3. The Morgan fingerprint density at radius 1 is 1.19 bits per heavy atom. The minimum atomic E-state index is -1.31. The number of nitrogens with zero attached hydrogens (tertiary/aromatic N) is 3. The third-order valence-electron chi connectivity index (χ3n) is 9.18. The predicted octanol–water partition coefficient (Wildman–Crippen LogP) is 6.59. The van der Waals surface area contributed by atoms with Crippen molar-refractivity contribution in [3.63, 3.8) is 0 Å². The maximum absolute atomic E-state index is 14.8. The van der Waals surface area contributed by atoms with Crippen LogP contribution in [0.15, 0.2) is 54.9 Å². The maximum atomic E-state index is 14.8. The Bertz CT molecular complexity index is 1720. The molecule has 1 spiro atoms. The quantitative estimate of drug-likeness (QED) is 0.259. The number of carbonyl (C=O) groups is 1. The van der Waals surface area contributed by atoms with Crippen molar-refractivity contribution in [2.75, 3.05) is 31.7 Å². The zero-order valence-electron chi connectivity index (χ0n) is 23.4. The average Bonchev–Trinajstić information content (AvgIpc) is 3.30. The standard InChI is InChI=1S/C32H31ClFN3O5/c1-31(22-7-6-20(33)16-24(22)34)41-27-5-3-4-25(29(27)42-31)36-10-8-32(9-11-36)17-23(32)21-14-19(30(38)39)15-26-28(21)35-18-37(26)12-13-40-2/h3-7,14-16,18,23H,8-13,17H2,1-2H3,(H,38,39). The van der Waals surface area contributed by atoms with Crippen LogP contribution in [0.3, 0.4) is 0 Å². The number of ether oxygens (including phenoxy) is 3. The average molecular weight is 592 g/mol. The lowest BCUT2D eigenvalue weighted by molar-refractivity contribution is -0.0705. The highest BCUT2D eigenvalue weighted by molar-refractivity contribution is 6.30. The number of rotatable bonds is 7. The molecular formula is C32H31ClFN3O5. The SMILES string of the molecule is COCCn1cnc2c(C3CC34CCN(c3cccc5c3OC(C)(c3ccc(Cl)cc3F)O5)CC4)cc(C(=O)O)cc21. The molecule has 7 rings (SSSR count). The van der Waals surface area contributed by atoms with Crippen LogP contribution in [-0.4, -0.2) is 47.4 Å². The van der Waals surface area contributed by atoms with E-state index in [0.717, 1.165) is 54.6 Å². The van der Waals surface area contributed by atoms with Crippen LogP contribution in [0.5, 0.6) is 11.5 Å². The molecule has 8 nitrogen and oxygen atoms in total. The van der Waals surface area contributed by atoms with E-state index >= 15 is 0 Å². The van der Waals surface area contributed by atoms with E-state index in [1.54, 1.807) is 38.6 Å². The number of anilines is 1. The molecule has 1 aliphatic carbocycles. The summed E-state index contributed by atoms with van der Waals surface area (Å²) in [6.07, 6.45) is 4.69. The van der Waals surface area contributed by atoms with Gasteiger partial charge in [-0.25, -0.2) is 14.2 Å². The summed E-state index contributed by atoms with van der Waals surface area (Å²) in [7, 11) is 1.65. The normalized spacial score (nSPS) is 22.2. The first-order valence-electron chi connectivity index (χ1n) is 14.1. The number of carboxylic acids is 1. The number of piperidine rings is 1. The van der Waals surface area contributed by atoms with Crippen LogP contribution in [-0.2, 0) is 17.1 Å². The number of fused-ring (bicyclic) bond motifs is 2. The van der Waals surface area contributed by atoms with Gasteiger partial charge >= 0.3 is 5.97 Å². The van der Waals surface area contributed by atoms with E-state index in [0.29, 0.717) is 29.7 Å². The summed E-state index contributed by atoms with van der Waals surface area (Å²) in [6.45, 7) is 4.47. The second kappa shape index (κ2) is 9.88. The molecule has 0 radical (unpaired) electrons. The van der Waals surface area contributed by atoms with Gasteiger partial charge < -0.3 is 28.8 Å². The number of aromatic nitrogens is 2. The first-order valence-corrected chi connectivity index (χ1v) is 14.5. The van der Waals surface area contributed by atoms with Gasteiger partial charge in [-0.1, -0.05) is 17.7 Å². The third kappa shape index (κ3) is 4.37. The highest BCUT2D eigenvalue weighted by Crippen LogP contribution is 2.66. The van der Waals surface area contributed by atoms with E-state index in [9.17, 15) is 14.3 Å². The molecule has 10 heteroatoms. The van der Waals surface area contributed by atoms with Gasteiger partial charge in [-0.05, 0) is 78.6 Å². The van der Waals surface area contributed by atoms with Crippen LogP contribution in [0, 0.1) is 11.2 Å². The number of hydrogen-bond donors (Lipinski definition) is 1. The van der Waals surface area contributed by atoms with Crippen LogP contribution in [0.25, 0.3) is 11.0 Å². The van der Waals surface area contributed by atoms with Gasteiger partial charge in [0.2, 0.25) is 0 Å². The van der Waals surface area contributed by atoms with Crippen molar-refractivity contribution >= 4 is 34.3 Å². The molecule has 218 valence electrons. The van der Waals surface area contributed by atoms with Crippen molar-refractivity contribution in [2.24, 2.45) is 5.41 Å². The molecule has 42 heavy (non-hydrogen) atoms. The van der Waals surface area contributed by atoms with Crippen LogP contribution in [0.1, 0.15) is 53.6 Å². The van der Waals surface area contributed by atoms with Crippen LogP contribution < -0.4 is 14.4 Å². The number of halogens is 2. The van der Waals surface area contributed by atoms with Gasteiger partial charge in [0.15, 0.2) is 11.5 Å². The zero-order chi connectivity index (χ0) is 29.2. The summed E-state index contributed by atoms with van der Waals surface area (Å²) < 4.78 is 34.5. The van der Waals surface area contributed by atoms with Crippen molar-refractivity contribution in [3.05, 3.63) is 82.4 Å². The van der Waals surface area contributed by atoms with Gasteiger partial charge in [-0.15, -0.1) is 0 Å². The Morgan fingerprint density at radius 3 is 2.74 bits per heavy atom. The van der Waals surface area contributed by atoms with Crippen LogP contribution >= 0.6 is 11.6 Å². The minimum absolute atomic E-state index is 0.104. The Labute approximate surface area is 247 Å². The molecule has 3 heterocycles. The van der Waals surface area contributed by atoms with Gasteiger partial charge in [-0.3, -0.25) is 0 Å². The molecule has 1 saturated heterocycles. The van der Waals surface area contributed by atoms with Gasteiger partial charge in [0.1, 0.15) is 5.82 Å². The molecule has 3 aromatic carbocycles. The van der Waals surface area contributed by atoms with Crippen molar-refractivity contribution in [1.82, 2.24) is 9.55 Å². The van der Waals surface area contributed by atoms with E-state index in [2.05, 4.69) is 4.90 Å². The lowest BCUT2D eigenvalue weighted by atomic mass is 9.87. The maximum Gasteiger partial charge on any atom is 0.335 e. The van der Waals surface area contributed by atoms with Crippen molar-refractivity contribution in [2.45, 2.75) is 44.4 Å². The minimum Gasteiger partial charge on any atom is -0.478 e. The summed E-state index contributed by atoms with van der Waals surface area (Å²) in [5, 5.41) is 10.2. The highest BCUT2D eigenvalue weighted by Gasteiger charge is 2.56. The van der Waals surface area contributed by atoms with Gasteiger partial charge in [0.25, 0.3) is 5.79 Å². The summed E-state index contributed by atoms with van der Waals surface area (Å²) >= 11 is 5.97. The molecular weight excluding hydrogens is 561 g/mol. The number of carboxylic acid groups (broad SMARTS) is 1. The van der Waals surface area contributed by atoms with E-state index in [1.807, 2.05) is 28.8 Å². The van der Waals surface area contributed by atoms with E-state index in [1.165, 1.54) is 6.07 Å². The van der Waals surface area contributed by atoms with Crippen molar-refractivity contribution < 1.29 is 28.5 Å². The summed E-state index contributed by atoms with van der Waals surface area (Å²) in [5.74, 6) is -1.29. The first-order chi connectivity index (χ1) is 20.2. The number of methoxy groups -OCH3 is 1. The monoisotopic (exact) mass is 591 g/mol. The fourth-order valence-corrected chi connectivity index (χ4v) is 6.97. The second-order valence-electron chi connectivity index (χ2n) is 11.7. The largest absolute Gasteiger partial charge is 0.478 e. The first kappa shape index (κ1) is 27.0. The number of aromatic carboxylic acids is 1. The molecule has 2 fully saturated rings. The molecule has 3 aliphatic rings. The Morgan fingerprint density at radius 2 is 2.00 bits per heavy atom. The Hall–Kier alpha value is -3.82. The van der Waals surface area contributed by atoms with E-state index < -0.39 is 17.6 Å². The Kier molecular flexibility index (Phi) is 6.36. The lowest BCUT2D eigenvalue weighted by Gasteiger charge is -2.35. The zero-order valence-corrected chi connectivity index (χ0v) is 24.2. The Balaban J connectivity index is 1.12. The summed E-state index contributed by atoms with van der Waals surface area (Å²) in [6, 6.07) is 13.8. The summed E-state index contributed by atoms with van der Waals surface area (Å²) in [4.78, 5) is 19.0. The van der Waals surface area contributed by atoms with Crippen molar-refractivity contribution in [1.29, 1.82) is 0 Å². The van der Waals surface area contributed by atoms with E-state index in [4.69, 9.17) is 30.8 Å². The topological polar surface area (TPSA) is 86.0 Å². The summed E-state index contributed by atoms with van der Waals surface area (Å²) in [5.41, 5.74) is 4.32. The second-order valence-corrected chi connectivity index (χ2v) is 12.1. The van der Waals surface area contributed by atoms with E-state index in [-0.39, 0.29) is 22.5 Å². The molecule has 1 aromatic heterocycles. The van der Waals surface area contributed by atoms with Gasteiger partial charge in [0, 0.05) is 38.7 Å². The lowest BCUT2D eigenvalue weighted by Crippen LogP contribution is -2.36. The molecule has 1 N–H and O–H groups in total. The molecule has 4 aromatic rings. The molecule has 2 unspecified atom stereocenters. The number of hydrogen-bond acceptors (Lipinski definition) is 6. The van der Waals surface area contributed by atoms with Gasteiger partial charge in [-0.2, -0.15) is 0 Å². The predicted molar refractivity (Wildman–Crippen MR) is 156 cm³/mol. The third-order valence-corrected chi connectivity index (χ3v) is 9.42. The smallest absolute Gasteiger partial charge is 0.335 e. The molecule has 0 amide bonds. The van der Waals surface area contributed by atoms with Crippen LogP contribution in [0.2, 0.25) is 5.02 Å². The van der Waals surface area contributed by atoms with Gasteiger partial charge in [0.05, 0.1) is 40.8 Å². The van der Waals surface area contributed by atoms with Crippen molar-refractivity contribution in [3.8, 4) is 11.5 Å². The molecule has 0 bridgehead atoms. The molecule has 2 aliphatic heterocycles. The fraction of sp³-hybridized carbons (Fsp3) is 0.375. The molecule has 2 atom stereocenters. The van der Waals surface area contributed by atoms with Crippen LogP contribution in [0.4, 0.5) is 10.1 Å². The highest BCUT2D eigenvalue weighted by atomic mass is 35.5. The number of para-hydroxylation sites is 1. The molecule has 1 saturated carbocycles.